The number of aliphatic carboxylic acids is 2. The molecule has 244 valence electrons. The molecule has 16 heteroatoms. The molecule has 8 N–H and O–H groups in total. The molecular formula is C30H24I6N2O8. The van der Waals surface area contributed by atoms with Gasteiger partial charge in [-0.05, 0) is 220 Å². The quantitative estimate of drug-likeness (QED) is 0.0854. The van der Waals surface area contributed by atoms with Crippen LogP contribution in [-0.4, -0.2) is 44.4 Å². The third kappa shape index (κ3) is 11.7. The molecule has 0 aliphatic heterocycles. The number of rotatable bonds is 10. The van der Waals surface area contributed by atoms with Crippen LogP contribution >= 0.6 is 136 Å². The van der Waals surface area contributed by atoms with E-state index in [9.17, 15) is 19.8 Å². The molecule has 4 aromatic carbocycles. The number of phenols is 2. The highest BCUT2D eigenvalue weighted by Gasteiger charge is 2.17. The van der Waals surface area contributed by atoms with Gasteiger partial charge in [0, 0.05) is 0 Å². The van der Waals surface area contributed by atoms with Crippen molar-refractivity contribution in [2.24, 2.45) is 11.5 Å². The van der Waals surface area contributed by atoms with Gasteiger partial charge in [0.25, 0.3) is 0 Å². The zero-order valence-electron chi connectivity index (χ0n) is 23.2. The lowest BCUT2D eigenvalue weighted by molar-refractivity contribution is -0.139. The van der Waals surface area contributed by atoms with Crippen LogP contribution in [0.25, 0.3) is 0 Å². The van der Waals surface area contributed by atoms with E-state index >= 15 is 0 Å². The lowest BCUT2D eigenvalue weighted by Gasteiger charge is -2.13. The van der Waals surface area contributed by atoms with E-state index in [1.54, 1.807) is 36.4 Å². The van der Waals surface area contributed by atoms with Crippen molar-refractivity contribution in [3.63, 3.8) is 0 Å². The van der Waals surface area contributed by atoms with Gasteiger partial charge in [0.1, 0.15) is 35.1 Å². The number of hydrogen-bond donors (Lipinski definition) is 6. The van der Waals surface area contributed by atoms with Crippen molar-refractivity contribution in [2.75, 3.05) is 0 Å². The lowest BCUT2D eigenvalue weighted by atomic mass is 10.1. The zero-order chi connectivity index (χ0) is 34.3. The molecule has 4 rings (SSSR count). The largest absolute Gasteiger partial charge is 0.507 e. The summed E-state index contributed by atoms with van der Waals surface area (Å²) in [5.41, 5.74) is 12.9. The van der Waals surface area contributed by atoms with Crippen molar-refractivity contribution < 1.29 is 39.5 Å². The van der Waals surface area contributed by atoms with Crippen LogP contribution in [0.3, 0.4) is 0 Å². The van der Waals surface area contributed by atoms with Crippen molar-refractivity contribution in [3.05, 3.63) is 93.2 Å². The van der Waals surface area contributed by atoms with E-state index in [2.05, 4.69) is 90.4 Å². The first kappa shape index (κ1) is 39.8. The number of carbonyl (C=O) groups is 2. The molecule has 0 saturated carbocycles. The fourth-order valence-corrected chi connectivity index (χ4v) is 8.88. The highest BCUT2D eigenvalue weighted by atomic mass is 127. The molecule has 0 spiro atoms. The molecule has 0 bridgehead atoms. The third-order valence-electron chi connectivity index (χ3n) is 5.94. The summed E-state index contributed by atoms with van der Waals surface area (Å²) in [5, 5.41) is 36.9. The van der Waals surface area contributed by atoms with Gasteiger partial charge in [-0.25, -0.2) is 0 Å². The number of ether oxygens (including phenoxy) is 2. The zero-order valence-corrected chi connectivity index (χ0v) is 36.1. The smallest absolute Gasteiger partial charge is 0.320 e. The standard InChI is InChI=1S/2C15H12I3NO4/c2*16-9-6-8(1-2-13(9)20)23-14-10(17)3-7(4-11(14)18)5-12(19)15(21)22/h2*1-4,6,12,20H,5,19H2,(H,21,22)/t2*12-/m00/s1. The average molecular weight is 1300 g/mol. The SMILES string of the molecule is N[C@@H](Cc1cc(I)c(Oc2ccc(O)c(I)c2)c(I)c1)C(=O)O.N[C@@H](Cc1cc(I)c(Oc2ccc(O)c(I)c2)c(I)c1)C(=O)O. The summed E-state index contributed by atoms with van der Waals surface area (Å²) in [6.45, 7) is 0. The highest BCUT2D eigenvalue weighted by molar-refractivity contribution is 14.1. The van der Waals surface area contributed by atoms with E-state index in [1.807, 2.05) is 69.4 Å². The second kappa shape index (κ2) is 18.4. The number of nitrogens with two attached hydrogens (primary N) is 2. The number of carboxylic acid groups (broad SMARTS) is 2. The first-order chi connectivity index (χ1) is 21.5. The Morgan fingerprint density at radius 1 is 0.565 bits per heavy atom. The molecule has 2 atom stereocenters. The van der Waals surface area contributed by atoms with E-state index in [4.69, 9.17) is 31.2 Å². The first-order valence-electron chi connectivity index (χ1n) is 12.8. The van der Waals surface area contributed by atoms with E-state index in [-0.39, 0.29) is 24.3 Å². The van der Waals surface area contributed by atoms with Gasteiger partial charge >= 0.3 is 11.9 Å². The third-order valence-corrected chi connectivity index (χ3v) is 10.9. The van der Waals surface area contributed by atoms with Crippen molar-refractivity contribution in [1.82, 2.24) is 0 Å². The Morgan fingerprint density at radius 3 is 1.13 bits per heavy atom. The fraction of sp³-hybridized carbons (Fsp3) is 0.133. The van der Waals surface area contributed by atoms with Crippen molar-refractivity contribution in [2.45, 2.75) is 24.9 Å². The monoisotopic (exact) mass is 1300 g/mol. The minimum absolute atomic E-state index is 0.209. The van der Waals surface area contributed by atoms with Gasteiger partial charge < -0.3 is 41.4 Å². The molecule has 10 nitrogen and oxygen atoms in total. The van der Waals surface area contributed by atoms with Crippen LogP contribution in [0.5, 0.6) is 34.5 Å². The maximum absolute atomic E-state index is 10.9. The molecule has 0 aromatic heterocycles. The van der Waals surface area contributed by atoms with Crippen molar-refractivity contribution in [1.29, 1.82) is 0 Å². The van der Waals surface area contributed by atoms with E-state index in [1.165, 1.54) is 0 Å². The molecule has 0 radical (unpaired) electrons. The second-order valence-electron chi connectivity index (χ2n) is 9.51. The van der Waals surface area contributed by atoms with Crippen LogP contribution in [0.2, 0.25) is 0 Å². The van der Waals surface area contributed by atoms with Gasteiger partial charge in [-0.1, -0.05) is 0 Å². The maximum Gasteiger partial charge on any atom is 0.320 e. The molecule has 0 amide bonds. The van der Waals surface area contributed by atoms with Gasteiger partial charge in [-0.3, -0.25) is 9.59 Å². The Kier molecular flexibility index (Phi) is 15.9. The van der Waals surface area contributed by atoms with Crippen LogP contribution in [-0.2, 0) is 22.4 Å². The van der Waals surface area contributed by atoms with Crippen molar-refractivity contribution >= 4 is 147 Å². The highest BCUT2D eigenvalue weighted by Crippen LogP contribution is 2.36. The van der Waals surface area contributed by atoms with Gasteiger partial charge in [0.2, 0.25) is 0 Å². The van der Waals surface area contributed by atoms with Crippen LogP contribution in [0.15, 0.2) is 60.7 Å². The Balaban J connectivity index is 0.000000250. The normalized spacial score (nSPS) is 12.0. The molecule has 4 aromatic rings. The van der Waals surface area contributed by atoms with Gasteiger partial charge in [-0.15, -0.1) is 0 Å². The first-order valence-corrected chi connectivity index (χ1v) is 19.3. The molecule has 0 aliphatic rings. The number of hydrogen-bond acceptors (Lipinski definition) is 8. The summed E-state index contributed by atoms with van der Waals surface area (Å²) >= 11 is 12.7. The molecular weight excluding hydrogens is 1280 g/mol. The Morgan fingerprint density at radius 2 is 0.870 bits per heavy atom. The summed E-state index contributed by atoms with van der Waals surface area (Å²) in [6.07, 6.45) is 0.525. The fourth-order valence-electron chi connectivity index (χ4n) is 3.68. The number of halogens is 6. The Bertz CT molecular complexity index is 1580. The predicted octanol–water partition coefficient (Wildman–Crippen LogP) is 7.91. The van der Waals surface area contributed by atoms with Gasteiger partial charge in [-0.2, -0.15) is 0 Å². The average Bonchev–Trinajstić information content (AvgIpc) is 2.96. The maximum atomic E-state index is 10.9. The lowest BCUT2D eigenvalue weighted by Crippen LogP contribution is -2.32. The number of phenolic OH excluding ortho intramolecular Hbond substituents is 2. The van der Waals surface area contributed by atoms with E-state index in [0.29, 0.717) is 30.1 Å². The van der Waals surface area contributed by atoms with Crippen LogP contribution in [0.1, 0.15) is 11.1 Å². The molecule has 0 fully saturated rings. The van der Waals surface area contributed by atoms with Crippen LogP contribution in [0, 0.1) is 21.4 Å². The summed E-state index contributed by atoms with van der Waals surface area (Å²) in [7, 11) is 0. The van der Waals surface area contributed by atoms with Gasteiger partial charge in [0.15, 0.2) is 11.5 Å². The summed E-state index contributed by atoms with van der Waals surface area (Å²) in [4.78, 5) is 21.7. The summed E-state index contributed by atoms with van der Waals surface area (Å²) < 4.78 is 16.7. The molecule has 0 saturated heterocycles. The molecule has 0 aliphatic carbocycles. The van der Waals surface area contributed by atoms with Crippen LogP contribution in [0.4, 0.5) is 0 Å². The Labute approximate surface area is 346 Å². The molecule has 0 heterocycles. The second-order valence-corrected chi connectivity index (χ2v) is 16.5. The van der Waals surface area contributed by atoms with E-state index < -0.39 is 24.0 Å². The predicted molar refractivity (Wildman–Crippen MR) is 224 cm³/mol. The number of carboxylic acids is 2. The summed E-state index contributed by atoms with van der Waals surface area (Å²) in [5.74, 6) is 1.01. The topological polar surface area (TPSA) is 186 Å². The molecule has 46 heavy (non-hydrogen) atoms. The number of benzene rings is 4. The van der Waals surface area contributed by atoms with E-state index in [0.717, 1.165) is 25.4 Å². The summed E-state index contributed by atoms with van der Waals surface area (Å²) in [6, 6.07) is 15.7. The van der Waals surface area contributed by atoms with Gasteiger partial charge in [0.05, 0.1) is 21.4 Å². The Hall–Kier alpha value is -0.680. The van der Waals surface area contributed by atoms with Crippen molar-refractivity contribution in [3.8, 4) is 34.5 Å². The minimum Gasteiger partial charge on any atom is -0.507 e. The number of aromatic hydroxyl groups is 2. The minimum atomic E-state index is -1.02. The molecule has 0 unspecified atom stereocenters. The van der Waals surface area contributed by atoms with Crippen LogP contribution < -0.4 is 20.9 Å².